The summed E-state index contributed by atoms with van der Waals surface area (Å²) in [6.07, 6.45) is 6.58. The SMILES string of the molecule is CCC1CCCCC1C(NN)c1cc(C)nn1CC. The van der Waals surface area contributed by atoms with Gasteiger partial charge in [-0.2, -0.15) is 5.10 Å². The number of rotatable bonds is 5. The fourth-order valence-corrected chi connectivity index (χ4v) is 3.68. The number of aromatic nitrogens is 2. The summed E-state index contributed by atoms with van der Waals surface area (Å²) in [5, 5.41) is 4.56. The van der Waals surface area contributed by atoms with E-state index in [0.29, 0.717) is 5.92 Å². The second-order valence-corrected chi connectivity index (χ2v) is 5.79. The summed E-state index contributed by atoms with van der Waals surface area (Å²) in [5.74, 6) is 7.33. The Labute approximate surface area is 116 Å². The molecule has 0 aromatic carbocycles. The van der Waals surface area contributed by atoms with E-state index in [1.807, 2.05) is 0 Å². The van der Waals surface area contributed by atoms with Crippen molar-refractivity contribution >= 4 is 0 Å². The third-order valence-electron chi connectivity index (χ3n) is 4.65. The van der Waals surface area contributed by atoms with Crippen molar-refractivity contribution in [1.29, 1.82) is 0 Å². The van der Waals surface area contributed by atoms with Gasteiger partial charge < -0.3 is 0 Å². The standard InChI is InChI=1S/C15H28N4/c1-4-12-8-6-7-9-13(12)15(17-16)14-10-11(3)18-19(14)5-2/h10,12-13,15,17H,4-9,16H2,1-3H3. The first kappa shape index (κ1) is 14.5. The lowest BCUT2D eigenvalue weighted by atomic mass is 9.73. The molecular weight excluding hydrogens is 236 g/mol. The molecule has 108 valence electrons. The Kier molecular flexibility index (Phi) is 4.99. The van der Waals surface area contributed by atoms with Crippen LogP contribution in [0.2, 0.25) is 0 Å². The fourth-order valence-electron chi connectivity index (χ4n) is 3.68. The van der Waals surface area contributed by atoms with Gasteiger partial charge in [0, 0.05) is 6.54 Å². The van der Waals surface area contributed by atoms with E-state index >= 15 is 0 Å². The third kappa shape index (κ3) is 3.00. The van der Waals surface area contributed by atoms with E-state index in [4.69, 9.17) is 5.84 Å². The Morgan fingerprint density at radius 2 is 2.16 bits per heavy atom. The maximum Gasteiger partial charge on any atom is 0.0659 e. The highest BCUT2D eigenvalue weighted by atomic mass is 15.3. The number of nitrogens with two attached hydrogens (primary N) is 1. The largest absolute Gasteiger partial charge is 0.271 e. The van der Waals surface area contributed by atoms with Crippen molar-refractivity contribution in [2.75, 3.05) is 0 Å². The fraction of sp³-hybridized carbons (Fsp3) is 0.800. The van der Waals surface area contributed by atoms with E-state index in [1.54, 1.807) is 0 Å². The number of hydrogen-bond acceptors (Lipinski definition) is 3. The van der Waals surface area contributed by atoms with Gasteiger partial charge in [-0.25, -0.2) is 0 Å². The second kappa shape index (κ2) is 6.53. The normalized spacial score (nSPS) is 25.5. The van der Waals surface area contributed by atoms with Crippen LogP contribution in [-0.2, 0) is 6.54 Å². The minimum atomic E-state index is 0.242. The molecule has 4 heteroatoms. The molecule has 0 saturated heterocycles. The Bertz CT molecular complexity index is 399. The predicted octanol–water partition coefficient (Wildman–Crippen LogP) is 2.93. The van der Waals surface area contributed by atoms with Crippen LogP contribution >= 0.6 is 0 Å². The van der Waals surface area contributed by atoms with Crippen LogP contribution in [0, 0.1) is 18.8 Å². The topological polar surface area (TPSA) is 55.9 Å². The molecule has 1 aromatic rings. The Morgan fingerprint density at radius 3 is 2.79 bits per heavy atom. The predicted molar refractivity (Wildman–Crippen MR) is 78.4 cm³/mol. The van der Waals surface area contributed by atoms with Crippen LogP contribution in [0.25, 0.3) is 0 Å². The zero-order valence-corrected chi connectivity index (χ0v) is 12.5. The van der Waals surface area contributed by atoms with Crippen molar-refractivity contribution in [3.8, 4) is 0 Å². The summed E-state index contributed by atoms with van der Waals surface area (Å²) in [7, 11) is 0. The Hall–Kier alpha value is -0.870. The van der Waals surface area contributed by atoms with Crippen molar-refractivity contribution in [2.24, 2.45) is 17.7 Å². The average molecular weight is 264 g/mol. The number of aryl methyl sites for hydroxylation is 2. The minimum absolute atomic E-state index is 0.242. The van der Waals surface area contributed by atoms with Crippen molar-refractivity contribution in [1.82, 2.24) is 15.2 Å². The Balaban J connectivity index is 2.26. The molecule has 0 amide bonds. The lowest BCUT2D eigenvalue weighted by Crippen LogP contribution is -2.39. The summed E-state index contributed by atoms with van der Waals surface area (Å²) in [6, 6.07) is 2.43. The average Bonchev–Trinajstić information content (AvgIpc) is 2.81. The quantitative estimate of drug-likeness (QED) is 0.635. The van der Waals surface area contributed by atoms with Crippen LogP contribution in [0.3, 0.4) is 0 Å². The molecule has 3 unspecified atom stereocenters. The van der Waals surface area contributed by atoms with Gasteiger partial charge in [0.2, 0.25) is 0 Å². The minimum Gasteiger partial charge on any atom is -0.271 e. The van der Waals surface area contributed by atoms with Crippen molar-refractivity contribution in [2.45, 2.75) is 65.5 Å². The maximum atomic E-state index is 5.89. The van der Waals surface area contributed by atoms with Crippen molar-refractivity contribution in [3.63, 3.8) is 0 Å². The molecule has 1 aromatic heterocycles. The Morgan fingerprint density at radius 1 is 1.42 bits per heavy atom. The molecule has 3 atom stereocenters. The van der Waals surface area contributed by atoms with Crippen LogP contribution in [-0.4, -0.2) is 9.78 Å². The van der Waals surface area contributed by atoms with Gasteiger partial charge in [-0.15, -0.1) is 0 Å². The zero-order chi connectivity index (χ0) is 13.8. The molecule has 2 rings (SSSR count). The number of nitrogens with zero attached hydrogens (tertiary/aromatic N) is 2. The van der Waals surface area contributed by atoms with Gasteiger partial charge in [0.05, 0.1) is 17.4 Å². The lowest BCUT2D eigenvalue weighted by molar-refractivity contribution is 0.170. The van der Waals surface area contributed by atoms with Crippen molar-refractivity contribution in [3.05, 3.63) is 17.5 Å². The molecule has 0 radical (unpaired) electrons. The highest BCUT2D eigenvalue weighted by molar-refractivity contribution is 5.15. The van der Waals surface area contributed by atoms with E-state index in [1.165, 1.54) is 37.8 Å². The molecule has 0 spiro atoms. The smallest absolute Gasteiger partial charge is 0.0659 e. The monoisotopic (exact) mass is 264 g/mol. The molecule has 1 heterocycles. The van der Waals surface area contributed by atoms with E-state index in [0.717, 1.165) is 18.2 Å². The van der Waals surface area contributed by atoms with Crippen molar-refractivity contribution < 1.29 is 0 Å². The van der Waals surface area contributed by atoms with Crippen LogP contribution < -0.4 is 11.3 Å². The van der Waals surface area contributed by atoms with E-state index < -0.39 is 0 Å². The molecule has 1 aliphatic rings. The van der Waals surface area contributed by atoms with E-state index in [2.05, 4.69) is 42.0 Å². The molecule has 0 bridgehead atoms. The zero-order valence-electron chi connectivity index (χ0n) is 12.5. The summed E-state index contributed by atoms with van der Waals surface area (Å²) >= 11 is 0. The van der Waals surface area contributed by atoms with Gasteiger partial charge in [0.1, 0.15) is 0 Å². The maximum absolute atomic E-state index is 5.89. The highest BCUT2D eigenvalue weighted by Crippen LogP contribution is 2.40. The molecule has 1 fully saturated rings. The second-order valence-electron chi connectivity index (χ2n) is 5.79. The number of hydrogen-bond donors (Lipinski definition) is 2. The molecule has 1 saturated carbocycles. The number of hydrazine groups is 1. The summed E-state index contributed by atoms with van der Waals surface area (Å²) in [4.78, 5) is 0. The first-order valence-electron chi connectivity index (χ1n) is 7.71. The summed E-state index contributed by atoms with van der Waals surface area (Å²) in [5.41, 5.74) is 5.42. The van der Waals surface area contributed by atoms with Gasteiger partial charge in [0.25, 0.3) is 0 Å². The van der Waals surface area contributed by atoms with Gasteiger partial charge in [-0.1, -0.05) is 32.6 Å². The van der Waals surface area contributed by atoms with E-state index in [-0.39, 0.29) is 6.04 Å². The lowest BCUT2D eigenvalue weighted by Gasteiger charge is -2.36. The van der Waals surface area contributed by atoms with Crippen LogP contribution in [0.1, 0.15) is 63.4 Å². The van der Waals surface area contributed by atoms with Gasteiger partial charge in [-0.3, -0.25) is 16.0 Å². The van der Waals surface area contributed by atoms with Crippen LogP contribution in [0.15, 0.2) is 6.07 Å². The molecule has 19 heavy (non-hydrogen) atoms. The third-order valence-corrected chi connectivity index (χ3v) is 4.65. The van der Waals surface area contributed by atoms with Crippen LogP contribution in [0.4, 0.5) is 0 Å². The summed E-state index contributed by atoms with van der Waals surface area (Å²) < 4.78 is 2.10. The first-order valence-corrected chi connectivity index (χ1v) is 7.71. The van der Waals surface area contributed by atoms with Crippen LogP contribution in [0.5, 0.6) is 0 Å². The molecule has 0 aliphatic heterocycles. The molecular formula is C15H28N4. The summed E-state index contributed by atoms with van der Waals surface area (Å²) in [6.45, 7) is 7.41. The number of nitrogens with one attached hydrogen (secondary N) is 1. The van der Waals surface area contributed by atoms with Gasteiger partial charge in [0.15, 0.2) is 0 Å². The highest BCUT2D eigenvalue weighted by Gasteiger charge is 2.32. The molecule has 1 aliphatic carbocycles. The van der Waals surface area contributed by atoms with Gasteiger partial charge in [-0.05, 0) is 38.2 Å². The first-order chi connectivity index (χ1) is 9.21. The van der Waals surface area contributed by atoms with E-state index in [9.17, 15) is 0 Å². The molecule has 3 N–H and O–H groups in total. The van der Waals surface area contributed by atoms with Gasteiger partial charge >= 0.3 is 0 Å². The molecule has 4 nitrogen and oxygen atoms in total.